The van der Waals surface area contributed by atoms with Crippen molar-refractivity contribution in [1.29, 1.82) is 0 Å². The van der Waals surface area contributed by atoms with E-state index in [2.05, 4.69) is 33.8 Å². The van der Waals surface area contributed by atoms with Crippen LogP contribution in [0.15, 0.2) is 42.5 Å². The lowest BCUT2D eigenvalue weighted by Gasteiger charge is -2.24. The van der Waals surface area contributed by atoms with Crippen LogP contribution in [0.3, 0.4) is 0 Å². The Morgan fingerprint density at radius 1 is 1.14 bits per heavy atom. The molecule has 1 heterocycles. The molecule has 4 rings (SSSR count). The second-order valence-corrected chi connectivity index (χ2v) is 7.35. The summed E-state index contributed by atoms with van der Waals surface area (Å²) >= 11 is 0. The van der Waals surface area contributed by atoms with E-state index in [9.17, 15) is 4.79 Å². The molecule has 0 fully saturated rings. The van der Waals surface area contributed by atoms with Crippen LogP contribution in [0.4, 0.5) is 4.79 Å². The number of carbonyl (C=O) groups is 1. The molecule has 0 unspecified atom stereocenters. The summed E-state index contributed by atoms with van der Waals surface area (Å²) in [6.45, 7) is 0.549. The van der Waals surface area contributed by atoms with Gasteiger partial charge in [-0.15, -0.1) is 0 Å². The van der Waals surface area contributed by atoms with E-state index in [0.29, 0.717) is 18.0 Å². The molecule has 6 nitrogen and oxygen atoms in total. The zero-order valence-corrected chi connectivity index (χ0v) is 16.9. The Hall–Kier alpha value is -3.15. The predicted octanol–water partition coefficient (Wildman–Crippen LogP) is 4.10. The van der Waals surface area contributed by atoms with Crippen LogP contribution in [0.2, 0.25) is 0 Å². The standard InChI is InChI=1S/C23H27N3O3/c1-28-20-11-10-15(14-21(20)29-2)12-13-24-23(27)26-19-9-5-7-17-16-6-3-4-8-18(16)25-22(17)19/h3-4,6,8,10-11,14,19,25H,5,7,9,12-13H2,1-2H3,(H2,24,26,27)/t19-/m1/s1. The number of amides is 2. The molecule has 2 aromatic carbocycles. The van der Waals surface area contributed by atoms with E-state index in [1.54, 1.807) is 14.2 Å². The zero-order valence-electron chi connectivity index (χ0n) is 16.9. The molecule has 0 bridgehead atoms. The first-order valence-corrected chi connectivity index (χ1v) is 10.0. The molecule has 1 aliphatic carbocycles. The van der Waals surface area contributed by atoms with Crippen molar-refractivity contribution < 1.29 is 14.3 Å². The van der Waals surface area contributed by atoms with Gasteiger partial charge in [0.2, 0.25) is 0 Å². The van der Waals surface area contributed by atoms with Crippen LogP contribution in [0.1, 0.15) is 35.7 Å². The van der Waals surface area contributed by atoms with Crippen molar-refractivity contribution in [3.8, 4) is 11.5 Å². The maximum Gasteiger partial charge on any atom is 0.315 e. The zero-order chi connectivity index (χ0) is 20.2. The molecule has 1 atom stereocenters. The van der Waals surface area contributed by atoms with Gasteiger partial charge in [0.25, 0.3) is 0 Å². The summed E-state index contributed by atoms with van der Waals surface area (Å²) in [5.74, 6) is 1.40. The first kappa shape index (κ1) is 19.2. The summed E-state index contributed by atoms with van der Waals surface area (Å²) in [6, 6.07) is 14.0. The van der Waals surface area contributed by atoms with E-state index in [1.165, 1.54) is 10.9 Å². The van der Waals surface area contributed by atoms with E-state index >= 15 is 0 Å². The molecular formula is C23H27N3O3. The molecule has 29 heavy (non-hydrogen) atoms. The minimum atomic E-state index is -0.137. The Balaban J connectivity index is 1.35. The summed E-state index contributed by atoms with van der Waals surface area (Å²) in [6.07, 6.45) is 3.79. The minimum absolute atomic E-state index is 0.0206. The summed E-state index contributed by atoms with van der Waals surface area (Å²) < 4.78 is 10.6. The molecule has 1 aromatic heterocycles. The predicted molar refractivity (Wildman–Crippen MR) is 114 cm³/mol. The van der Waals surface area contributed by atoms with Crippen LogP contribution in [-0.4, -0.2) is 31.8 Å². The van der Waals surface area contributed by atoms with Crippen LogP contribution in [-0.2, 0) is 12.8 Å². The van der Waals surface area contributed by atoms with Crippen molar-refractivity contribution in [2.75, 3.05) is 20.8 Å². The average Bonchev–Trinajstić information content (AvgIpc) is 3.13. The molecule has 0 spiro atoms. The van der Waals surface area contributed by atoms with Crippen molar-refractivity contribution in [3.63, 3.8) is 0 Å². The highest BCUT2D eigenvalue weighted by molar-refractivity contribution is 5.85. The molecule has 3 aromatic rings. The number of hydrogen-bond donors (Lipinski definition) is 3. The van der Waals surface area contributed by atoms with Crippen molar-refractivity contribution in [2.45, 2.75) is 31.7 Å². The number of aryl methyl sites for hydroxylation is 1. The van der Waals surface area contributed by atoms with Gasteiger partial charge in [-0.2, -0.15) is 0 Å². The van der Waals surface area contributed by atoms with E-state index in [0.717, 1.165) is 42.5 Å². The van der Waals surface area contributed by atoms with Crippen molar-refractivity contribution >= 4 is 16.9 Å². The van der Waals surface area contributed by atoms with Gasteiger partial charge in [0, 0.05) is 23.1 Å². The largest absolute Gasteiger partial charge is 0.493 e. The number of aromatic nitrogens is 1. The molecule has 2 amide bonds. The first-order valence-electron chi connectivity index (χ1n) is 10.0. The third kappa shape index (κ3) is 4.01. The summed E-state index contributed by atoms with van der Waals surface area (Å²) in [4.78, 5) is 16.0. The fourth-order valence-corrected chi connectivity index (χ4v) is 4.13. The SMILES string of the molecule is COc1ccc(CCNC(=O)N[C@@H]2CCCc3c2[nH]c2ccccc32)cc1OC. The van der Waals surface area contributed by atoms with Crippen molar-refractivity contribution in [2.24, 2.45) is 0 Å². The monoisotopic (exact) mass is 393 g/mol. The number of benzene rings is 2. The molecule has 0 saturated carbocycles. The number of carbonyl (C=O) groups excluding carboxylic acids is 1. The number of para-hydroxylation sites is 1. The number of ether oxygens (including phenoxy) is 2. The van der Waals surface area contributed by atoms with Gasteiger partial charge in [0.15, 0.2) is 11.5 Å². The number of methoxy groups -OCH3 is 2. The molecule has 6 heteroatoms. The Morgan fingerprint density at radius 3 is 2.79 bits per heavy atom. The number of rotatable bonds is 6. The number of nitrogens with one attached hydrogen (secondary N) is 3. The third-order valence-electron chi connectivity index (χ3n) is 5.57. The lowest BCUT2D eigenvalue weighted by Crippen LogP contribution is -2.40. The van der Waals surface area contributed by atoms with Crippen LogP contribution in [0.5, 0.6) is 11.5 Å². The van der Waals surface area contributed by atoms with Gasteiger partial charge < -0.3 is 25.1 Å². The second kappa shape index (κ2) is 8.47. The van der Waals surface area contributed by atoms with Gasteiger partial charge in [0.1, 0.15) is 0 Å². The van der Waals surface area contributed by atoms with E-state index in [1.807, 2.05) is 24.3 Å². The van der Waals surface area contributed by atoms with Crippen LogP contribution >= 0.6 is 0 Å². The van der Waals surface area contributed by atoms with Crippen LogP contribution in [0, 0.1) is 0 Å². The summed E-state index contributed by atoms with van der Waals surface area (Å²) in [5.41, 5.74) is 4.70. The topological polar surface area (TPSA) is 75.4 Å². The second-order valence-electron chi connectivity index (χ2n) is 7.35. The van der Waals surface area contributed by atoms with Gasteiger partial charge in [-0.1, -0.05) is 24.3 Å². The maximum atomic E-state index is 12.5. The average molecular weight is 393 g/mol. The summed E-state index contributed by atoms with van der Waals surface area (Å²) in [5, 5.41) is 7.38. The number of aromatic amines is 1. The highest BCUT2D eigenvalue weighted by atomic mass is 16.5. The van der Waals surface area contributed by atoms with Gasteiger partial charge >= 0.3 is 6.03 Å². The normalized spacial score (nSPS) is 15.6. The first-order chi connectivity index (χ1) is 14.2. The fraction of sp³-hybridized carbons (Fsp3) is 0.348. The Labute approximate surface area is 170 Å². The van der Waals surface area contributed by atoms with Gasteiger partial charge in [-0.25, -0.2) is 4.79 Å². The molecule has 0 aliphatic heterocycles. The van der Waals surface area contributed by atoms with E-state index < -0.39 is 0 Å². The maximum absolute atomic E-state index is 12.5. The molecule has 3 N–H and O–H groups in total. The molecule has 1 aliphatic rings. The fourth-order valence-electron chi connectivity index (χ4n) is 4.13. The third-order valence-corrected chi connectivity index (χ3v) is 5.57. The molecule has 0 saturated heterocycles. The van der Waals surface area contributed by atoms with Crippen LogP contribution in [0.25, 0.3) is 10.9 Å². The number of hydrogen-bond acceptors (Lipinski definition) is 3. The molecule has 0 radical (unpaired) electrons. The van der Waals surface area contributed by atoms with Gasteiger partial charge in [0.05, 0.1) is 20.3 Å². The number of urea groups is 1. The number of fused-ring (bicyclic) bond motifs is 3. The van der Waals surface area contributed by atoms with Gasteiger partial charge in [-0.3, -0.25) is 0 Å². The lowest BCUT2D eigenvalue weighted by atomic mass is 9.92. The molecule has 152 valence electrons. The Bertz CT molecular complexity index is 1010. The minimum Gasteiger partial charge on any atom is -0.493 e. The quantitative estimate of drug-likeness (QED) is 0.590. The van der Waals surface area contributed by atoms with Crippen molar-refractivity contribution in [3.05, 3.63) is 59.3 Å². The van der Waals surface area contributed by atoms with Gasteiger partial charge in [-0.05, 0) is 55.0 Å². The Morgan fingerprint density at radius 2 is 1.97 bits per heavy atom. The number of H-pyrrole nitrogens is 1. The van der Waals surface area contributed by atoms with E-state index in [-0.39, 0.29) is 12.1 Å². The highest BCUT2D eigenvalue weighted by Crippen LogP contribution is 2.34. The molecular weight excluding hydrogens is 366 g/mol. The van der Waals surface area contributed by atoms with Crippen molar-refractivity contribution in [1.82, 2.24) is 15.6 Å². The highest BCUT2D eigenvalue weighted by Gasteiger charge is 2.25. The van der Waals surface area contributed by atoms with Crippen LogP contribution < -0.4 is 20.1 Å². The smallest absolute Gasteiger partial charge is 0.315 e. The summed E-state index contributed by atoms with van der Waals surface area (Å²) in [7, 11) is 3.24. The Kier molecular flexibility index (Phi) is 5.60. The lowest BCUT2D eigenvalue weighted by molar-refractivity contribution is 0.235. The van der Waals surface area contributed by atoms with E-state index in [4.69, 9.17) is 9.47 Å².